The van der Waals surface area contributed by atoms with E-state index in [1.165, 1.54) is 12.1 Å². The van der Waals surface area contributed by atoms with Crippen molar-refractivity contribution in [2.24, 2.45) is 0 Å². The second-order valence-electron chi connectivity index (χ2n) is 5.13. The van der Waals surface area contributed by atoms with Crippen LogP contribution < -0.4 is 5.32 Å². The van der Waals surface area contributed by atoms with Gasteiger partial charge >= 0.3 is 0 Å². The molecule has 1 aromatic carbocycles. The van der Waals surface area contributed by atoms with Gasteiger partial charge in [-0.15, -0.1) is 0 Å². The molecule has 112 valence electrons. The van der Waals surface area contributed by atoms with Gasteiger partial charge in [-0.25, -0.2) is 4.39 Å². The maximum Gasteiger partial charge on any atom is 0.224 e. The van der Waals surface area contributed by atoms with Gasteiger partial charge in [-0.1, -0.05) is 19.1 Å². The van der Waals surface area contributed by atoms with Crippen LogP contribution in [0.5, 0.6) is 0 Å². The highest BCUT2D eigenvalue weighted by molar-refractivity contribution is 5.91. The Balaban J connectivity index is 2.20. The van der Waals surface area contributed by atoms with Gasteiger partial charge in [0.2, 0.25) is 5.91 Å². The van der Waals surface area contributed by atoms with Crippen molar-refractivity contribution in [1.29, 1.82) is 0 Å². The summed E-state index contributed by atoms with van der Waals surface area (Å²) in [6.07, 6.45) is 1.30. The largest absolute Gasteiger partial charge is 0.323 e. The summed E-state index contributed by atoms with van der Waals surface area (Å²) in [7, 11) is 0. The van der Waals surface area contributed by atoms with E-state index in [4.69, 9.17) is 0 Å². The van der Waals surface area contributed by atoms with E-state index in [0.29, 0.717) is 13.0 Å². The lowest BCUT2D eigenvalue weighted by atomic mass is 10.2. The van der Waals surface area contributed by atoms with E-state index in [-0.39, 0.29) is 11.7 Å². The quantitative estimate of drug-likeness (QED) is 0.916. The minimum Gasteiger partial charge on any atom is -0.323 e. The topological polar surface area (TPSA) is 46.9 Å². The second-order valence-corrected chi connectivity index (χ2v) is 5.13. The molecule has 0 saturated heterocycles. The fourth-order valence-corrected chi connectivity index (χ4v) is 2.27. The fraction of sp³-hybridized carbons (Fsp3) is 0.375. The summed E-state index contributed by atoms with van der Waals surface area (Å²) in [6, 6.07) is 6.45. The molecule has 1 amide bonds. The third kappa shape index (κ3) is 3.68. The third-order valence-corrected chi connectivity index (χ3v) is 3.34. The van der Waals surface area contributed by atoms with E-state index >= 15 is 0 Å². The van der Waals surface area contributed by atoms with E-state index in [1.807, 2.05) is 26.8 Å². The lowest BCUT2D eigenvalue weighted by Crippen LogP contribution is -2.12. The molecule has 0 aliphatic heterocycles. The van der Waals surface area contributed by atoms with Gasteiger partial charge in [0.15, 0.2) is 0 Å². The SMILES string of the molecule is CCCC(=O)Nc1c(C)nn(Cc2cccc(F)c2)c1C. The van der Waals surface area contributed by atoms with Crippen LogP contribution in [0.4, 0.5) is 10.1 Å². The average molecular weight is 289 g/mol. The molecule has 0 fully saturated rings. The predicted octanol–water partition coefficient (Wildman–Crippen LogP) is 3.43. The molecule has 0 aliphatic carbocycles. The van der Waals surface area contributed by atoms with Gasteiger partial charge in [-0.2, -0.15) is 5.10 Å². The molecule has 5 heteroatoms. The summed E-state index contributed by atoms with van der Waals surface area (Å²) in [5.74, 6) is -0.264. The predicted molar refractivity (Wildman–Crippen MR) is 80.7 cm³/mol. The van der Waals surface area contributed by atoms with Gasteiger partial charge in [-0.05, 0) is 38.0 Å². The van der Waals surface area contributed by atoms with Crippen molar-refractivity contribution in [1.82, 2.24) is 9.78 Å². The number of aryl methyl sites for hydroxylation is 1. The highest BCUT2D eigenvalue weighted by atomic mass is 19.1. The van der Waals surface area contributed by atoms with Crippen LogP contribution in [0.15, 0.2) is 24.3 Å². The average Bonchev–Trinajstić information content (AvgIpc) is 2.67. The van der Waals surface area contributed by atoms with E-state index in [0.717, 1.165) is 29.1 Å². The number of anilines is 1. The number of hydrogen-bond acceptors (Lipinski definition) is 2. The highest BCUT2D eigenvalue weighted by Gasteiger charge is 2.14. The first-order valence-electron chi connectivity index (χ1n) is 7.09. The Bertz CT molecular complexity index is 649. The number of nitrogens with one attached hydrogen (secondary N) is 1. The Morgan fingerprint density at radius 1 is 1.38 bits per heavy atom. The number of benzene rings is 1. The molecule has 0 aliphatic rings. The summed E-state index contributed by atoms with van der Waals surface area (Å²) in [4.78, 5) is 11.7. The lowest BCUT2D eigenvalue weighted by Gasteiger charge is -2.07. The minimum atomic E-state index is -0.259. The maximum atomic E-state index is 13.2. The summed E-state index contributed by atoms with van der Waals surface area (Å²) < 4.78 is 15.0. The van der Waals surface area contributed by atoms with Crippen molar-refractivity contribution in [3.05, 3.63) is 47.0 Å². The fourth-order valence-electron chi connectivity index (χ4n) is 2.27. The molecule has 0 spiro atoms. The van der Waals surface area contributed by atoms with E-state index in [2.05, 4.69) is 10.4 Å². The van der Waals surface area contributed by atoms with E-state index in [9.17, 15) is 9.18 Å². The summed E-state index contributed by atoms with van der Waals surface area (Å²) in [5.41, 5.74) is 3.24. The van der Waals surface area contributed by atoms with Crippen LogP contribution in [0, 0.1) is 19.7 Å². The van der Waals surface area contributed by atoms with Gasteiger partial charge in [-0.3, -0.25) is 9.48 Å². The van der Waals surface area contributed by atoms with Crippen molar-refractivity contribution < 1.29 is 9.18 Å². The summed E-state index contributed by atoms with van der Waals surface area (Å²) >= 11 is 0. The van der Waals surface area contributed by atoms with Crippen LogP contribution in [0.1, 0.15) is 36.7 Å². The zero-order valence-electron chi connectivity index (χ0n) is 12.6. The molecule has 0 unspecified atom stereocenters. The van der Waals surface area contributed by atoms with Crippen molar-refractivity contribution in [2.45, 2.75) is 40.2 Å². The zero-order valence-corrected chi connectivity index (χ0v) is 12.6. The number of carbonyl (C=O) groups is 1. The van der Waals surface area contributed by atoms with Gasteiger partial charge in [0, 0.05) is 6.42 Å². The monoisotopic (exact) mass is 289 g/mol. The first-order valence-corrected chi connectivity index (χ1v) is 7.09. The Hall–Kier alpha value is -2.17. The van der Waals surface area contributed by atoms with Crippen LogP contribution >= 0.6 is 0 Å². The van der Waals surface area contributed by atoms with Crippen molar-refractivity contribution in [3.8, 4) is 0 Å². The molecular weight excluding hydrogens is 269 g/mol. The molecule has 21 heavy (non-hydrogen) atoms. The van der Waals surface area contributed by atoms with Gasteiger partial charge in [0.05, 0.1) is 23.6 Å². The molecular formula is C16H20FN3O. The van der Waals surface area contributed by atoms with E-state index < -0.39 is 0 Å². The standard InChI is InChI=1S/C16H20FN3O/c1-4-6-15(21)18-16-11(2)19-20(12(16)3)10-13-7-5-8-14(17)9-13/h5,7-9H,4,6,10H2,1-3H3,(H,18,21). The Morgan fingerprint density at radius 3 is 2.81 bits per heavy atom. The first-order chi connectivity index (χ1) is 10.0. The molecule has 2 rings (SSSR count). The summed E-state index contributed by atoms with van der Waals surface area (Å²) in [5, 5.41) is 7.33. The van der Waals surface area contributed by atoms with Crippen molar-refractivity contribution in [3.63, 3.8) is 0 Å². The van der Waals surface area contributed by atoms with Gasteiger partial charge in [0.1, 0.15) is 5.82 Å². The van der Waals surface area contributed by atoms with Crippen LogP contribution in [0.3, 0.4) is 0 Å². The molecule has 1 N–H and O–H groups in total. The molecule has 0 radical (unpaired) electrons. The van der Waals surface area contributed by atoms with Crippen molar-refractivity contribution >= 4 is 11.6 Å². The summed E-state index contributed by atoms with van der Waals surface area (Å²) in [6.45, 7) is 6.21. The number of rotatable bonds is 5. The van der Waals surface area contributed by atoms with Crippen LogP contribution in [-0.2, 0) is 11.3 Å². The Morgan fingerprint density at radius 2 is 2.14 bits per heavy atom. The molecule has 0 atom stereocenters. The van der Waals surface area contributed by atoms with Crippen LogP contribution in [-0.4, -0.2) is 15.7 Å². The molecule has 1 heterocycles. The Labute approximate surface area is 124 Å². The van der Waals surface area contributed by atoms with E-state index in [1.54, 1.807) is 10.7 Å². The highest BCUT2D eigenvalue weighted by Crippen LogP contribution is 2.21. The molecule has 0 bridgehead atoms. The van der Waals surface area contributed by atoms with Crippen LogP contribution in [0.25, 0.3) is 0 Å². The first kappa shape index (κ1) is 15.2. The number of hydrogen-bond donors (Lipinski definition) is 1. The minimum absolute atomic E-state index is 0.00555. The lowest BCUT2D eigenvalue weighted by molar-refractivity contribution is -0.116. The molecule has 1 aromatic heterocycles. The third-order valence-electron chi connectivity index (χ3n) is 3.34. The second kappa shape index (κ2) is 6.52. The maximum absolute atomic E-state index is 13.2. The smallest absolute Gasteiger partial charge is 0.224 e. The number of nitrogens with zero attached hydrogens (tertiary/aromatic N) is 2. The molecule has 0 saturated carbocycles. The van der Waals surface area contributed by atoms with Gasteiger partial charge < -0.3 is 5.32 Å². The molecule has 2 aromatic rings. The zero-order chi connectivity index (χ0) is 15.4. The van der Waals surface area contributed by atoms with Gasteiger partial charge in [0.25, 0.3) is 0 Å². The molecule has 4 nitrogen and oxygen atoms in total. The normalized spacial score (nSPS) is 10.7. The van der Waals surface area contributed by atoms with Crippen LogP contribution in [0.2, 0.25) is 0 Å². The number of aromatic nitrogens is 2. The number of amides is 1. The number of carbonyl (C=O) groups excluding carboxylic acids is 1. The van der Waals surface area contributed by atoms with Crippen molar-refractivity contribution in [2.75, 3.05) is 5.32 Å². The number of halogens is 1. The Kier molecular flexibility index (Phi) is 4.73.